The van der Waals surface area contributed by atoms with Crippen LogP contribution < -0.4 is 16.4 Å². The van der Waals surface area contributed by atoms with E-state index >= 15 is 0 Å². The average Bonchev–Trinajstić information content (AvgIpc) is 2.96. The van der Waals surface area contributed by atoms with E-state index in [1.54, 1.807) is 26.0 Å². The van der Waals surface area contributed by atoms with Crippen molar-refractivity contribution in [1.29, 1.82) is 0 Å². The first-order chi connectivity index (χ1) is 13.5. The van der Waals surface area contributed by atoms with Gasteiger partial charge >= 0.3 is 0 Å². The lowest BCUT2D eigenvalue weighted by Gasteiger charge is -2.37. The van der Waals surface area contributed by atoms with Crippen molar-refractivity contribution < 1.29 is 14.4 Å². The van der Waals surface area contributed by atoms with Gasteiger partial charge in [0.25, 0.3) is 0 Å². The molecule has 0 radical (unpaired) electrons. The third-order valence-corrected chi connectivity index (χ3v) is 5.93. The van der Waals surface area contributed by atoms with Gasteiger partial charge in [-0.1, -0.05) is 37.0 Å². The number of halogens is 2. The predicted octanol–water partition coefficient (Wildman–Crippen LogP) is 2.46. The van der Waals surface area contributed by atoms with Crippen LogP contribution in [0.4, 0.5) is 0 Å². The standard InChI is InChI=1S/C20H24Cl2N4O3/c1-9(2)16(18(23)28)25-19(29)20(26-10(3)27)5-4-15-13(8-20)12-6-11(21)7-14(22)17(12)24-15/h6-7,9,16,24H,4-5,8H2,1-3H3,(H2,23,28)(H,25,29)(H,26,27)/t16-,20-/m0/s1. The van der Waals surface area contributed by atoms with Gasteiger partial charge in [0.1, 0.15) is 11.6 Å². The molecular formula is C20H24Cl2N4O3. The Morgan fingerprint density at radius 2 is 1.93 bits per heavy atom. The summed E-state index contributed by atoms with van der Waals surface area (Å²) in [5.74, 6) is -1.57. The highest BCUT2D eigenvalue weighted by molar-refractivity contribution is 6.38. The van der Waals surface area contributed by atoms with Crippen LogP contribution >= 0.6 is 23.2 Å². The van der Waals surface area contributed by atoms with Gasteiger partial charge in [-0.05, 0) is 36.5 Å². The van der Waals surface area contributed by atoms with Crippen molar-refractivity contribution in [2.24, 2.45) is 11.7 Å². The van der Waals surface area contributed by atoms with Crippen LogP contribution in [0.3, 0.4) is 0 Å². The normalized spacial score (nSPS) is 19.7. The lowest BCUT2D eigenvalue weighted by atomic mass is 9.78. The molecule has 9 heteroatoms. The summed E-state index contributed by atoms with van der Waals surface area (Å²) in [6.45, 7) is 4.95. The average molecular weight is 439 g/mol. The van der Waals surface area contributed by atoms with E-state index in [0.717, 1.165) is 22.2 Å². The summed E-state index contributed by atoms with van der Waals surface area (Å²) in [4.78, 5) is 40.3. The lowest BCUT2D eigenvalue weighted by Crippen LogP contribution is -2.64. The van der Waals surface area contributed by atoms with Crippen LogP contribution in [-0.2, 0) is 27.2 Å². The Kier molecular flexibility index (Phi) is 5.83. The molecule has 0 spiro atoms. The number of hydrogen-bond acceptors (Lipinski definition) is 3. The van der Waals surface area contributed by atoms with E-state index < -0.39 is 23.4 Å². The number of fused-ring (bicyclic) bond motifs is 3. The lowest BCUT2D eigenvalue weighted by molar-refractivity contribution is -0.136. The molecule has 2 atom stereocenters. The molecule has 156 valence electrons. The van der Waals surface area contributed by atoms with Crippen LogP contribution in [0.2, 0.25) is 10.0 Å². The molecule has 1 aromatic carbocycles. The number of nitrogens with one attached hydrogen (secondary N) is 3. The molecular weight excluding hydrogens is 415 g/mol. The summed E-state index contributed by atoms with van der Waals surface area (Å²) in [5, 5.41) is 7.34. The van der Waals surface area contributed by atoms with E-state index in [0.29, 0.717) is 22.9 Å². The van der Waals surface area contributed by atoms with Crippen LogP contribution in [0.15, 0.2) is 12.1 Å². The van der Waals surface area contributed by atoms with Crippen molar-refractivity contribution in [3.63, 3.8) is 0 Å². The van der Waals surface area contributed by atoms with Gasteiger partial charge in [-0.15, -0.1) is 0 Å². The zero-order valence-corrected chi connectivity index (χ0v) is 18.0. The second kappa shape index (κ2) is 7.88. The summed E-state index contributed by atoms with van der Waals surface area (Å²) < 4.78 is 0. The molecule has 5 N–H and O–H groups in total. The first-order valence-corrected chi connectivity index (χ1v) is 10.2. The summed E-state index contributed by atoms with van der Waals surface area (Å²) in [6, 6.07) is 2.61. The number of primary amides is 1. The Morgan fingerprint density at radius 1 is 1.24 bits per heavy atom. The smallest absolute Gasteiger partial charge is 0.246 e. The van der Waals surface area contributed by atoms with Crippen LogP contribution in [0.1, 0.15) is 38.4 Å². The van der Waals surface area contributed by atoms with Gasteiger partial charge in [-0.25, -0.2) is 0 Å². The maximum Gasteiger partial charge on any atom is 0.246 e. The monoisotopic (exact) mass is 438 g/mol. The third kappa shape index (κ3) is 4.07. The van der Waals surface area contributed by atoms with Gasteiger partial charge in [-0.3, -0.25) is 14.4 Å². The van der Waals surface area contributed by atoms with E-state index in [-0.39, 0.29) is 18.2 Å². The number of carbonyl (C=O) groups is 3. The van der Waals surface area contributed by atoms with E-state index in [2.05, 4.69) is 15.6 Å². The summed E-state index contributed by atoms with van der Waals surface area (Å²) in [7, 11) is 0. The Labute approximate surface area is 178 Å². The number of nitrogens with two attached hydrogens (primary N) is 1. The minimum atomic E-state index is -1.20. The topological polar surface area (TPSA) is 117 Å². The predicted molar refractivity (Wildman–Crippen MR) is 113 cm³/mol. The number of rotatable bonds is 5. The fourth-order valence-electron chi connectivity index (χ4n) is 4.01. The second-order valence-electron chi connectivity index (χ2n) is 7.93. The fourth-order valence-corrected chi connectivity index (χ4v) is 4.55. The highest BCUT2D eigenvalue weighted by atomic mass is 35.5. The van der Waals surface area contributed by atoms with Crippen molar-refractivity contribution >= 4 is 51.8 Å². The molecule has 3 amide bonds. The van der Waals surface area contributed by atoms with Gasteiger partial charge in [0.05, 0.1) is 10.5 Å². The van der Waals surface area contributed by atoms with Crippen LogP contribution in [-0.4, -0.2) is 34.3 Å². The van der Waals surface area contributed by atoms with E-state index in [1.807, 2.05) is 0 Å². The molecule has 0 fully saturated rings. The second-order valence-corrected chi connectivity index (χ2v) is 8.77. The Bertz CT molecular complexity index is 1000. The summed E-state index contributed by atoms with van der Waals surface area (Å²) in [5.41, 5.74) is 6.82. The van der Waals surface area contributed by atoms with Crippen molar-refractivity contribution in [2.75, 3.05) is 0 Å². The van der Waals surface area contributed by atoms with E-state index in [1.165, 1.54) is 6.92 Å². The van der Waals surface area contributed by atoms with Crippen LogP contribution in [0.5, 0.6) is 0 Å². The molecule has 1 aliphatic rings. The molecule has 7 nitrogen and oxygen atoms in total. The molecule has 0 saturated heterocycles. The molecule has 3 rings (SSSR count). The number of aromatic nitrogens is 1. The van der Waals surface area contributed by atoms with Crippen LogP contribution in [0.25, 0.3) is 10.9 Å². The van der Waals surface area contributed by atoms with Gasteiger partial charge in [0.2, 0.25) is 17.7 Å². The Balaban J connectivity index is 2.04. The number of aromatic amines is 1. The number of aryl methyl sites for hydroxylation is 1. The molecule has 0 saturated carbocycles. The minimum absolute atomic E-state index is 0.185. The zero-order chi connectivity index (χ0) is 21.5. The van der Waals surface area contributed by atoms with E-state index in [4.69, 9.17) is 28.9 Å². The number of hydrogen-bond donors (Lipinski definition) is 4. The van der Waals surface area contributed by atoms with E-state index in [9.17, 15) is 14.4 Å². The number of amides is 3. The van der Waals surface area contributed by atoms with Crippen molar-refractivity contribution in [3.8, 4) is 0 Å². The minimum Gasteiger partial charge on any atom is -0.368 e. The Morgan fingerprint density at radius 3 is 2.52 bits per heavy atom. The Hall–Kier alpha value is -2.25. The van der Waals surface area contributed by atoms with Gasteiger partial charge in [0, 0.05) is 29.4 Å². The largest absolute Gasteiger partial charge is 0.368 e. The van der Waals surface area contributed by atoms with Crippen molar-refractivity contribution in [2.45, 2.75) is 51.6 Å². The zero-order valence-electron chi connectivity index (χ0n) is 16.5. The number of H-pyrrole nitrogens is 1. The maximum absolute atomic E-state index is 13.3. The molecule has 0 bridgehead atoms. The molecule has 1 heterocycles. The van der Waals surface area contributed by atoms with Crippen molar-refractivity contribution in [1.82, 2.24) is 15.6 Å². The summed E-state index contributed by atoms with van der Waals surface area (Å²) in [6.07, 6.45) is 1.13. The summed E-state index contributed by atoms with van der Waals surface area (Å²) >= 11 is 12.5. The molecule has 1 aromatic heterocycles. The van der Waals surface area contributed by atoms with Gasteiger partial charge in [-0.2, -0.15) is 0 Å². The number of benzene rings is 1. The first-order valence-electron chi connectivity index (χ1n) is 9.41. The quantitative estimate of drug-likeness (QED) is 0.573. The SMILES string of the molecule is CC(=O)N[C@@]1(C(=O)N[C@H](C(N)=O)C(C)C)CCc2[nH]c3c(Cl)cc(Cl)cc3c2C1. The number of carbonyl (C=O) groups excluding carboxylic acids is 3. The van der Waals surface area contributed by atoms with Crippen LogP contribution in [0, 0.1) is 5.92 Å². The molecule has 29 heavy (non-hydrogen) atoms. The first kappa shape index (κ1) is 21.5. The van der Waals surface area contributed by atoms with Gasteiger partial charge in [0.15, 0.2) is 0 Å². The molecule has 0 unspecified atom stereocenters. The maximum atomic E-state index is 13.3. The van der Waals surface area contributed by atoms with Crippen molar-refractivity contribution in [3.05, 3.63) is 33.4 Å². The molecule has 1 aliphatic carbocycles. The molecule has 2 aromatic rings. The van der Waals surface area contributed by atoms with Gasteiger partial charge < -0.3 is 21.4 Å². The fraction of sp³-hybridized carbons (Fsp3) is 0.450. The third-order valence-electron chi connectivity index (χ3n) is 5.41. The highest BCUT2D eigenvalue weighted by Crippen LogP contribution is 2.38. The molecule has 0 aliphatic heterocycles. The highest BCUT2D eigenvalue weighted by Gasteiger charge is 2.44.